The Morgan fingerprint density at radius 3 is 2.48 bits per heavy atom. The number of anilines is 1. The van der Waals surface area contributed by atoms with E-state index in [1.807, 2.05) is 12.1 Å². The van der Waals surface area contributed by atoms with Gasteiger partial charge < -0.3 is 10.3 Å². The summed E-state index contributed by atoms with van der Waals surface area (Å²) in [6, 6.07) is 12.5. The van der Waals surface area contributed by atoms with Crippen molar-refractivity contribution < 1.29 is 4.79 Å². The number of carbonyl (C=O) groups is 1. The number of carbonyl (C=O) groups excluding carboxylic acids is 1. The van der Waals surface area contributed by atoms with Crippen LogP contribution in [-0.4, -0.2) is 15.7 Å². The smallest absolute Gasteiger partial charge is 0.257 e. The molecule has 0 aliphatic carbocycles. The van der Waals surface area contributed by atoms with Crippen LogP contribution < -0.4 is 10.9 Å². The standard InChI is InChI=1S/C15H10Cl2N2O2/c16-13(17)15(21)18-8-5-6-12-11(7-8)9-3-1-2-4-10(9)14(20)19-12/h1-7,13H,(H,18,21)(H,19,20). The Morgan fingerprint density at radius 1 is 1.05 bits per heavy atom. The number of aromatic amines is 1. The number of pyridine rings is 1. The van der Waals surface area contributed by atoms with Gasteiger partial charge in [-0.2, -0.15) is 0 Å². The number of H-pyrrole nitrogens is 1. The van der Waals surface area contributed by atoms with E-state index in [9.17, 15) is 9.59 Å². The van der Waals surface area contributed by atoms with Gasteiger partial charge in [0.15, 0.2) is 4.84 Å². The molecule has 0 spiro atoms. The molecule has 3 aromatic rings. The summed E-state index contributed by atoms with van der Waals surface area (Å²) < 4.78 is 0. The molecule has 4 nitrogen and oxygen atoms in total. The Hall–Kier alpha value is -2.04. The van der Waals surface area contributed by atoms with E-state index in [0.29, 0.717) is 16.6 Å². The van der Waals surface area contributed by atoms with Gasteiger partial charge in [0.25, 0.3) is 11.5 Å². The number of fused-ring (bicyclic) bond motifs is 3. The number of alkyl halides is 2. The first-order valence-corrected chi connectivity index (χ1v) is 7.07. The Kier molecular flexibility index (Phi) is 3.57. The van der Waals surface area contributed by atoms with Gasteiger partial charge in [0, 0.05) is 22.0 Å². The van der Waals surface area contributed by atoms with E-state index in [1.165, 1.54) is 0 Å². The van der Waals surface area contributed by atoms with Crippen LogP contribution in [-0.2, 0) is 4.79 Å². The van der Waals surface area contributed by atoms with Crippen molar-refractivity contribution in [3.05, 3.63) is 52.8 Å². The maximum atomic E-state index is 12.0. The molecule has 1 aromatic heterocycles. The molecule has 0 aliphatic rings. The number of amides is 1. The van der Waals surface area contributed by atoms with Crippen LogP contribution >= 0.6 is 23.2 Å². The summed E-state index contributed by atoms with van der Waals surface area (Å²) in [6.45, 7) is 0. The minimum absolute atomic E-state index is 0.142. The molecular formula is C15H10Cl2N2O2. The van der Waals surface area contributed by atoms with Crippen molar-refractivity contribution in [2.24, 2.45) is 0 Å². The van der Waals surface area contributed by atoms with Crippen LogP contribution in [0.15, 0.2) is 47.3 Å². The molecular weight excluding hydrogens is 311 g/mol. The van der Waals surface area contributed by atoms with Crippen LogP contribution in [0, 0.1) is 0 Å². The molecule has 3 rings (SSSR count). The number of aromatic nitrogens is 1. The van der Waals surface area contributed by atoms with Crippen molar-refractivity contribution in [2.75, 3.05) is 5.32 Å². The molecule has 0 atom stereocenters. The second-order valence-corrected chi connectivity index (χ2v) is 5.65. The van der Waals surface area contributed by atoms with E-state index >= 15 is 0 Å². The summed E-state index contributed by atoms with van der Waals surface area (Å²) >= 11 is 11.0. The highest BCUT2D eigenvalue weighted by Crippen LogP contribution is 2.24. The maximum Gasteiger partial charge on any atom is 0.257 e. The van der Waals surface area contributed by atoms with Crippen molar-refractivity contribution in [3.63, 3.8) is 0 Å². The third-order valence-corrected chi connectivity index (χ3v) is 3.59. The molecule has 0 fully saturated rings. The largest absolute Gasteiger partial charge is 0.324 e. The molecule has 0 aliphatic heterocycles. The highest BCUT2D eigenvalue weighted by Gasteiger charge is 2.12. The van der Waals surface area contributed by atoms with Gasteiger partial charge in [-0.15, -0.1) is 0 Å². The van der Waals surface area contributed by atoms with Crippen LogP contribution in [0.2, 0.25) is 0 Å². The zero-order valence-corrected chi connectivity index (χ0v) is 12.2. The second-order valence-electron chi connectivity index (χ2n) is 4.55. The van der Waals surface area contributed by atoms with E-state index in [-0.39, 0.29) is 5.56 Å². The number of halogens is 2. The van der Waals surface area contributed by atoms with Gasteiger partial charge in [-0.1, -0.05) is 41.4 Å². The van der Waals surface area contributed by atoms with Crippen molar-refractivity contribution >= 4 is 56.5 Å². The summed E-state index contributed by atoms with van der Waals surface area (Å²) in [5.74, 6) is -0.494. The summed E-state index contributed by atoms with van der Waals surface area (Å²) in [5.41, 5.74) is 1.12. The Labute approximate surface area is 129 Å². The molecule has 106 valence electrons. The second kappa shape index (κ2) is 5.39. The Bertz CT molecular complexity index is 903. The minimum Gasteiger partial charge on any atom is -0.324 e. The first-order valence-electron chi connectivity index (χ1n) is 6.20. The molecule has 2 N–H and O–H groups in total. The Morgan fingerprint density at radius 2 is 1.76 bits per heavy atom. The van der Waals surface area contributed by atoms with Crippen molar-refractivity contribution in [3.8, 4) is 0 Å². The lowest BCUT2D eigenvalue weighted by Gasteiger charge is -2.08. The van der Waals surface area contributed by atoms with Gasteiger partial charge in [-0.05, 0) is 29.7 Å². The van der Waals surface area contributed by atoms with E-state index in [2.05, 4.69) is 10.3 Å². The highest BCUT2D eigenvalue weighted by molar-refractivity contribution is 6.54. The molecule has 0 saturated carbocycles. The molecule has 0 saturated heterocycles. The van der Waals surface area contributed by atoms with E-state index in [1.54, 1.807) is 30.3 Å². The molecule has 0 radical (unpaired) electrons. The Balaban J connectivity index is 2.21. The topological polar surface area (TPSA) is 62.0 Å². The lowest BCUT2D eigenvalue weighted by Crippen LogP contribution is -2.18. The number of rotatable bonds is 2. The average molecular weight is 321 g/mol. The molecule has 1 amide bonds. The van der Waals surface area contributed by atoms with Gasteiger partial charge in [0.2, 0.25) is 0 Å². The first-order chi connectivity index (χ1) is 10.1. The van der Waals surface area contributed by atoms with Crippen molar-refractivity contribution in [1.29, 1.82) is 0 Å². The van der Waals surface area contributed by atoms with Crippen molar-refractivity contribution in [1.82, 2.24) is 4.98 Å². The number of hydrogen-bond acceptors (Lipinski definition) is 2. The fourth-order valence-corrected chi connectivity index (χ4v) is 2.37. The monoisotopic (exact) mass is 320 g/mol. The van der Waals surface area contributed by atoms with Crippen LogP contribution in [0.5, 0.6) is 0 Å². The lowest BCUT2D eigenvalue weighted by atomic mass is 10.1. The van der Waals surface area contributed by atoms with Gasteiger partial charge in [0.1, 0.15) is 0 Å². The van der Waals surface area contributed by atoms with E-state index in [4.69, 9.17) is 23.2 Å². The third-order valence-electron chi connectivity index (χ3n) is 3.20. The molecule has 0 unspecified atom stereocenters. The zero-order valence-electron chi connectivity index (χ0n) is 10.7. The number of benzene rings is 2. The fourth-order valence-electron chi connectivity index (χ4n) is 2.26. The van der Waals surface area contributed by atoms with Gasteiger partial charge in [-0.3, -0.25) is 9.59 Å². The molecule has 1 heterocycles. The molecule has 21 heavy (non-hydrogen) atoms. The molecule has 2 aromatic carbocycles. The van der Waals surface area contributed by atoms with Gasteiger partial charge in [0.05, 0.1) is 0 Å². The van der Waals surface area contributed by atoms with E-state index in [0.717, 1.165) is 10.8 Å². The van der Waals surface area contributed by atoms with Crippen molar-refractivity contribution in [2.45, 2.75) is 4.84 Å². The third kappa shape index (κ3) is 2.60. The first kappa shape index (κ1) is 13.9. The normalized spacial score (nSPS) is 11.2. The summed E-state index contributed by atoms with van der Waals surface area (Å²) in [7, 11) is 0. The fraction of sp³-hybridized carbons (Fsp3) is 0.0667. The van der Waals surface area contributed by atoms with Crippen LogP contribution in [0.1, 0.15) is 0 Å². The SMILES string of the molecule is O=C(Nc1ccc2[nH]c(=O)c3ccccc3c2c1)C(Cl)Cl. The van der Waals surface area contributed by atoms with Gasteiger partial charge >= 0.3 is 0 Å². The van der Waals surface area contributed by atoms with Crippen LogP contribution in [0.4, 0.5) is 5.69 Å². The molecule has 6 heteroatoms. The highest BCUT2D eigenvalue weighted by atomic mass is 35.5. The predicted molar refractivity (Wildman–Crippen MR) is 86.2 cm³/mol. The number of hydrogen-bond donors (Lipinski definition) is 2. The average Bonchev–Trinajstić information content (AvgIpc) is 2.48. The summed E-state index contributed by atoms with van der Waals surface area (Å²) in [4.78, 5) is 25.2. The summed E-state index contributed by atoms with van der Waals surface area (Å²) in [6.07, 6.45) is 0. The van der Waals surface area contributed by atoms with Crippen LogP contribution in [0.3, 0.4) is 0 Å². The minimum atomic E-state index is -1.13. The van der Waals surface area contributed by atoms with E-state index < -0.39 is 10.7 Å². The predicted octanol–water partition coefficient (Wildman–Crippen LogP) is 3.42. The number of nitrogens with one attached hydrogen (secondary N) is 2. The molecule has 0 bridgehead atoms. The quantitative estimate of drug-likeness (QED) is 0.561. The zero-order chi connectivity index (χ0) is 15.0. The summed E-state index contributed by atoms with van der Waals surface area (Å²) in [5, 5.41) is 4.87. The van der Waals surface area contributed by atoms with Gasteiger partial charge in [-0.25, -0.2) is 0 Å². The maximum absolute atomic E-state index is 12.0. The van der Waals surface area contributed by atoms with Crippen LogP contribution in [0.25, 0.3) is 21.7 Å². The lowest BCUT2D eigenvalue weighted by molar-refractivity contribution is -0.114.